The van der Waals surface area contributed by atoms with Gasteiger partial charge >= 0.3 is 0 Å². The second kappa shape index (κ2) is 5.50. The van der Waals surface area contributed by atoms with Crippen molar-refractivity contribution in [1.82, 2.24) is 4.90 Å². The molecule has 0 aliphatic carbocycles. The van der Waals surface area contributed by atoms with E-state index in [2.05, 4.69) is 27.4 Å². The summed E-state index contributed by atoms with van der Waals surface area (Å²) in [5, 5.41) is 2.07. The molecular weight excluding hydrogens is 302 g/mol. The normalized spacial score (nSPS) is 23.9. The average molecular weight is 318 g/mol. The quantitative estimate of drug-likeness (QED) is 0.858. The van der Waals surface area contributed by atoms with E-state index in [1.807, 2.05) is 14.0 Å². The summed E-state index contributed by atoms with van der Waals surface area (Å²) in [5.41, 5.74) is 1.17. The lowest BCUT2D eigenvalue weighted by molar-refractivity contribution is -0.134. The van der Waals surface area contributed by atoms with Gasteiger partial charge in [0, 0.05) is 13.6 Å². The van der Waals surface area contributed by atoms with Crippen LogP contribution in [0.1, 0.15) is 18.9 Å². The van der Waals surface area contributed by atoms with Crippen LogP contribution in [0.25, 0.3) is 0 Å². The van der Waals surface area contributed by atoms with E-state index in [0.717, 1.165) is 10.2 Å². The van der Waals surface area contributed by atoms with E-state index in [1.54, 1.807) is 16.2 Å². The molecule has 1 fully saturated rings. The molecule has 1 aliphatic heterocycles. The monoisotopic (exact) mass is 317 g/mol. The van der Waals surface area contributed by atoms with Crippen molar-refractivity contribution in [2.75, 3.05) is 13.7 Å². The lowest BCUT2D eigenvalue weighted by Crippen LogP contribution is -2.32. The lowest BCUT2D eigenvalue weighted by Gasteiger charge is -2.19. The van der Waals surface area contributed by atoms with Crippen molar-refractivity contribution < 1.29 is 9.53 Å². The Labute approximate surface area is 114 Å². The van der Waals surface area contributed by atoms with Crippen LogP contribution in [0, 0.1) is 5.92 Å². The molecule has 0 N–H and O–H groups in total. The van der Waals surface area contributed by atoms with Gasteiger partial charge in [0.05, 0.1) is 22.4 Å². The number of thiophene rings is 1. The highest BCUT2D eigenvalue weighted by atomic mass is 79.9. The van der Waals surface area contributed by atoms with E-state index >= 15 is 0 Å². The van der Waals surface area contributed by atoms with Gasteiger partial charge in [-0.1, -0.05) is 0 Å². The third-order valence-electron chi connectivity index (χ3n) is 2.97. The summed E-state index contributed by atoms with van der Waals surface area (Å²) in [6.07, 6.45) is 1.06. The van der Waals surface area contributed by atoms with E-state index in [9.17, 15) is 4.79 Å². The maximum atomic E-state index is 12.1. The molecular formula is C12H16BrNO2S. The summed E-state index contributed by atoms with van der Waals surface area (Å²) in [7, 11) is 1.86. The molecule has 1 aromatic rings. The predicted molar refractivity (Wildman–Crippen MR) is 72.0 cm³/mol. The number of rotatable bonds is 3. The minimum atomic E-state index is 0.0390. The van der Waals surface area contributed by atoms with Gasteiger partial charge in [-0.2, -0.15) is 0 Å². The average Bonchev–Trinajstić information content (AvgIpc) is 2.87. The SMILES string of the molecule is CC1CC(C(=O)N(C)Cc2csc(Br)c2)CO1. The van der Waals surface area contributed by atoms with Crippen LogP contribution in [0.5, 0.6) is 0 Å². The van der Waals surface area contributed by atoms with Crippen LogP contribution < -0.4 is 0 Å². The van der Waals surface area contributed by atoms with Crippen LogP contribution >= 0.6 is 27.3 Å². The smallest absolute Gasteiger partial charge is 0.228 e. The zero-order chi connectivity index (χ0) is 12.4. The molecule has 1 aromatic heterocycles. The van der Waals surface area contributed by atoms with E-state index in [1.165, 1.54) is 5.56 Å². The van der Waals surface area contributed by atoms with E-state index in [-0.39, 0.29) is 17.9 Å². The predicted octanol–water partition coefficient (Wildman–Crippen LogP) is 2.89. The number of ether oxygens (including phenoxy) is 1. The molecule has 2 unspecified atom stereocenters. The Morgan fingerprint density at radius 1 is 1.71 bits per heavy atom. The molecule has 17 heavy (non-hydrogen) atoms. The molecule has 0 spiro atoms. The van der Waals surface area contributed by atoms with Gasteiger partial charge in [-0.25, -0.2) is 0 Å². The van der Waals surface area contributed by atoms with Gasteiger partial charge in [0.15, 0.2) is 0 Å². The lowest BCUT2D eigenvalue weighted by atomic mass is 10.0. The van der Waals surface area contributed by atoms with Gasteiger partial charge in [0.2, 0.25) is 5.91 Å². The van der Waals surface area contributed by atoms with Crippen molar-refractivity contribution in [2.24, 2.45) is 5.92 Å². The van der Waals surface area contributed by atoms with Crippen LogP contribution in [-0.2, 0) is 16.1 Å². The van der Waals surface area contributed by atoms with Crippen molar-refractivity contribution in [1.29, 1.82) is 0 Å². The summed E-state index contributed by atoms with van der Waals surface area (Å²) in [6.45, 7) is 3.26. The molecule has 1 aliphatic rings. The van der Waals surface area contributed by atoms with Crippen molar-refractivity contribution >= 4 is 33.2 Å². The first-order valence-electron chi connectivity index (χ1n) is 5.65. The number of nitrogens with zero attached hydrogens (tertiary/aromatic N) is 1. The first-order valence-corrected chi connectivity index (χ1v) is 7.33. The molecule has 94 valence electrons. The third kappa shape index (κ3) is 3.30. The van der Waals surface area contributed by atoms with E-state index in [4.69, 9.17) is 4.74 Å². The van der Waals surface area contributed by atoms with Crippen LogP contribution in [0.2, 0.25) is 0 Å². The van der Waals surface area contributed by atoms with Gasteiger partial charge in [-0.15, -0.1) is 11.3 Å². The Morgan fingerprint density at radius 3 is 3.00 bits per heavy atom. The maximum Gasteiger partial charge on any atom is 0.228 e. The van der Waals surface area contributed by atoms with Crippen molar-refractivity contribution in [2.45, 2.75) is 26.0 Å². The second-order valence-corrected chi connectivity index (χ2v) is 6.82. The zero-order valence-electron chi connectivity index (χ0n) is 9.98. The minimum Gasteiger partial charge on any atom is -0.378 e. The number of carbonyl (C=O) groups is 1. The molecule has 1 amide bonds. The fraction of sp³-hybridized carbons (Fsp3) is 0.583. The van der Waals surface area contributed by atoms with Gasteiger partial charge < -0.3 is 9.64 Å². The molecule has 0 saturated carbocycles. The number of halogens is 1. The van der Waals surface area contributed by atoms with Crippen molar-refractivity contribution in [3.8, 4) is 0 Å². The Balaban J connectivity index is 1.91. The summed E-state index contributed by atoms with van der Waals surface area (Å²) in [6, 6.07) is 2.06. The van der Waals surface area contributed by atoms with Gasteiger partial charge in [-0.05, 0) is 46.3 Å². The van der Waals surface area contributed by atoms with Crippen LogP contribution in [-0.4, -0.2) is 30.6 Å². The molecule has 2 atom stereocenters. The Hall–Kier alpha value is -0.390. The maximum absolute atomic E-state index is 12.1. The zero-order valence-corrected chi connectivity index (χ0v) is 12.4. The minimum absolute atomic E-state index is 0.0390. The first kappa shape index (κ1) is 13.1. The molecule has 2 heterocycles. The molecule has 3 nitrogen and oxygen atoms in total. The summed E-state index contributed by atoms with van der Waals surface area (Å²) in [4.78, 5) is 13.9. The van der Waals surface area contributed by atoms with Gasteiger partial charge in [0.25, 0.3) is 0 Å². The highest BCUT2D eigenvalue weighted by Crippen LogP contribution is 2.24. The molecule has 5 heteroatoms. The summed E-state index contributed by atoms with van der Waals surface area (Å²) < 4.78 is 6.54. The van der Waals surface area contributed by atoms with Crippen molar-refractivity contribution in [3.05, 3.63) is 20.8 Å². The Morgan fingerprint density at radius 2 is 2.47 bits per heavy atom. The number of carbonyl (C=O) groups excluding carboxylic acids is 1. The molecule has 0 bridgehead atoms. The topological polar surface area (TPSA) is 29.5 Å². The van der Waals surface area contributed by atoms with Crippen LogP contribution in [0.15, 0.2) is 15.2 Å². The molecule has 0 radical (unpaired) electrons. The Bertz CT molecular complexity index is 407. The molecule has 1 saturated heterocycles. The second-order valence-electron chi connectivity index (χ2n) is 4.53. The highest BCUT2D eigenvalue weighted by molar-refractivity contribution is 9.11. The fourth-order valence-electron chi connectivity index (χ4n) is 2.08. The van der Waals surface area contributed by atoms with Gasteiger partial charge in [0.1, 0.15) is 0 Å². The van der Waals surface area contributed by atoms with Crippen LogP contribution in [0.4, 0.5) is 0 Å². The van der Waals surface area contributed by atoms with Crippen molar-refractivity contribution in [3.63, 3.8) is 0 Å². The van der Waals surface area contributed by atoms with Crippen LogP contribution in [0.3, 0.4) is 0 Å². The first-order chi connectivity index (χ1) is 8.06. The highest BCUT2D eigenvalue weighted by Gasteiger charge is 2.30. The number of amides is 1. The van der Waals surface area contributed by atoms with Gasteiger partial charge in [-0.3, -0.25) is 4.79 Å². The third-order valence-corrected chi connectivity index (χ3v) is 4.52. The summed E-state index contributed by atoms with van der Waals surface area (Å²) >= 11 is 5.07. The summed E-state index contributed by atoms with van der Waals surface area (Å²) in [5.74, 6) is 0.230. The van der Waals surface area contributed by atoms with E-state index in [0.29, 0.717) is 13.2 Å². The Kier molecular flexibility index (Phi) is 4.22. The largest absolute Gasteiger partial charge is 0.378 e. The molecule has 2 rings (SSSR count). The number of hydrogen-bond acceptors (Lipinski definition) is 3. The van der Waals surface area contributed by atoms with E-state index < -0.39 is 0 Å². The standard InChI is InChI=1S/C12H16BrNO2S/c1-8-3-10(6-16-8)12(15)14(2)5-9-4-11(13)17-7-9/h4,7-8,10H,3,5-6H2,1-2H3. The molecule has 0 aromatic carbocycles. The number of hydrogen-bond donors (Lipinski definition) is 0. The fourth-order valence-corrected chi connectivity index (χ4v) is 3.28.